The minimum Gasteiger partial charge on any atom is -0.349 e. The molecule has 1 aromatic carbocycles. The molecule has 0 aliphatic heterocycles. The van der Waals surface area contributed by atoms with Gasteiger partial charge in [-0.15, -0.1) is 0 Å². The summed E-state index contributed by atoms with van der Waals surface area (Å²) < 4.78 is 12.6. The second-order valence-electron chi connectivity index (χ2n) is 3.62. The highest BCUT2D eigenvalue weighted by Crippen LogP contribution is 2.03. The maximum Gasteiger partial charge on any atom is 0.224 e. The van der Waals surface area contributed by atoms with E-state index in [0.717, 1.165) is 5.56 Å². The summed E-state index contributed by atoms with van der Waals surface area (Å²) in [5.41, 5.74) is 0.781. The molecule has 17 heavy (non-hydrogen) atoms. The second kappa shape index (κ2) is 5.25. The quantitative estimate of drug-likeness (QED) is 0.838. The highest BCUT2D eigenvalue weighted by molar-refractivity contribution is 5.78. The Morgan fingerprint density at radius 2 is 2.12 bits per heavy atom. The number of imidazole rings is 1. The number of hydrogen-bond acceptors (Lipinski definition) is 2. The van der Waals surface area contributed by atoms with Crippen molar-refractivity contribution in [1.29, 1.82) is 0 Å². The zero-order valence-electron chi connectivity index (χ0n) is 9.11. The Balaban J connectivity index is 1.83. The lowest BCUT2D eigenvalue weighted by molar-refractivity contribution is -0.120. The molecule has 2 rings (SSSR count). The molecule has 2 aromatic rings. The van der Waals surface area contributed by atoms with Gasteiger partial charge in [0.25, 0.3) is 0 Å². The lowest BCUT2D eigenvalue weighted by atomic mass is 10.1. The minimum absolute atomic E-state index is 0.118. The molecule has 2 N–H and O–H groups in total. The number of aromatic amines is 1. The molecular weight excluding hydrogens is 221 g/mol. The summed E-state index contributed by atoms with van der Waals surface area (Å²) in [5.74, 6) is 0.287. The van der Waals surface area contributed by atoms with Crippen LogP contribution < -0.4 is 5.32 Å². The van der Waals surface area contributed by atoms with E-state index in [0.29, 0.717) is 12.4 Å². The molecule has 0 aliphatic rings. The molecule has 0 bridgehead atoms. The normalized spacial score (nSPS) is 10.2. The molecule has 5 heteroatoms. The summed E-state index contributed by atoms with van der Waals surface area (Å²) in [6.07, 6.45) is 3.56. The van der Waals surface area contributed by atoms with Crippen LogP contribution in [0.5, 0.6) is 0 Å². The van der Waals surface area contributed by atoms with Gasteiger partial charge in [-0.3, -0.25) is 4.79 Å². The van der Waals surface area contributed by atoms with Gasteiger partial charge < -0.3 is 10.3 Å². The van der Waals surface area contributed by atoms with E-state index in [1.807, 2.05) is 0 Å². The number of rotatable bonds is 4. The Morgan fingerprint density at radius 3 is 2.76 bits per heavy atom. The van der Waals surface area contributed by atoms with Gasteiger partial charge in [0.2, 0.25) is 5.91 Å². The van der Waals surface area contributed by atoms with Gasteiger partial charge in [0.15, 0.2) is 0 Å². The predicted octanol–water partition coefficient (Wildman–Crippen LogP) is 1.41. The number of benzene rings is 1. The van der Waals surface area contributed by atoms with Gasteiger partial charge in [-0.2, -0.15) is 0 Å². The van der Waals surface area contributed by atoms with Gasteiger partial charge in [-0.05, 0) is 17.7 Å². The van der Waals surface area contributed by atoms with Crippen molar-refractivity contribution in [3.05, 3.63) is 53.9 Å². The van der Waals surface area contributed by atoms with Crippen LogP contribution in [0.4, 0.5) is 4.39 Å². The number of nitrogens with one attached hydrogen (secondary N) is 2. The van der Waals surface area contributed by atoms with Crippen LogP contribution >= 0.6 is 0 Å². The lowest BCUT2D eigenvalue weighted by Gasteiger charge is -2.03. The molecule has 0 atom stereocenters. The van der Waals surface area contributed by atoms with Crippen LogP contribution in [-0.4, -0.2) is 15.9 Å². The van der Waals surface area contributed by atoms with Crippen molar-refractivity contribution in [2.45, 2.75) is 13.0 Å². The monoisotopic (exact) mass is 233 g/mol. The van der Waals surface area contributed by atoms with E-state index in [2.05, 4.69) is 15.3 Å². The first kappa shape index (κ1) is 11.3. The fourth-order valence-corrected chi connectivity index (χ4v) is 1.43. The Morgan fingerprint density at radius 1 is 1.35 bits per heavy atom. The molecule has 88 valence electrons. The number of hydrogen-bond donors (Lipinski definition) is 2. The third-order valence-electron chi connectivity index (χ3n) is 2.29. The van der Waals surface area contributed by atoms with Crippen LogP contribution in [0.25, 0.3) is 0 Å². The third-order valence-corrected chi connectivity index (χ3v) is 2.29. The Kier molecular flexibility index (Phi) is 3.49. The minimum atomic E-state index is -0.301. The van der Waals surface area contributed by atoms with E-state index in [4.69, 9.17) is 0 Å². The van der Waals surface area contributed by atoms with E-state index in [1.54, 1.807) is 24.5 Å². The van der Waals surface area contributed by atoms with Crippen LogP contribution in [0.3, 0.4) is 0 Å². The molecule has 0 unspecified atom stereocenters. The summed E-state index contributed by atoms with van der Waals surface area (Å²) in [6.45, 7) is 0.368. The first-order valence-electron chi connectivity index (χ1n) is 5.23. The number of amides is 1. The highest BCUT2D eigenvalue weighted by atomic mass is 19.1. The highest BCUT2D eigenvalue weighted by Gasteiger charge is 2.04. The lowest BCUT2D eigenvalue weighted by Crippen LogP contribution is -2.25. The Labute approximate surface area is 97.9 Å². The number of H-pyrrole nitrogens is 1. The molecule has 0 saturated carbocycles. The van der Waals surface area contributed by atoms with Gasteiger partial charge in [-0.25, -0.2) is 9.37 Å². The van der Waals surface area contributed by atoms with Gasteiger partial charge in [0.1, 0.15) is 11.6 Å². The third kappa shape index (κ3) is 3.41. The number of aromatic nitrogens is 2. The molecular formula is C12H12FN3O. The molecule has 4 nitrogen and oxygen atoms in total. The van der Waals surface area contributed by atoms with Gasteiger partial charge in [-0.1, -0.05) is 12.1 Å². The van der Waals surface area contributed by atoms with Crippen molar-refractivity contribution in [3.63, 3.8) is 0 Å². The van der Waals surface area contributed by atoms with Crippen molar-refractivity contribution in [3.8, 4) is 0 Å². The maximum absolute atomic E-state index is 12.6. The van der Waals surface area contributed by atoms with Gasteiger partial charge >= 0.3 is 0 Å². The largest absolute Gasteiger partial charge is 0.349 e. The molecule has 0 saturated heterocycles. The maximum atomic E-state index is 12.6. The number of halogens is 1. The molecule has 1 heterocycles. The zero-order chi connectivity index (χ0) is 12.1. The summed E-state index contributed by atoms with van der Waals surface area (Å²) in [5, 5.41) is 2.72. The topological polar surface area (TPSA) is 57.8 Å². The molecule has 0 radical (unpaired) electrons. The molecule has 1 aromatic heterocycles. The average Bonchev–Trinajstić information content (AvgIpc) is 2.83. The molecule has 0 spiro atoms. The summed E-state index contributed by atoms with van der Waals surface area (Å²) in [4.78, 5) is 18.4. The standard InChI is InChI=1S/C12H12FN3O/c13-10-3-1-9(2-4-10)7-12(17)16-8-11-14-5-6-15-11/h1-6H,7-8H2,(H,14,15)(H,16,17). The predicted molar refractivity (Wildman–Crippen MR) is 60.5 cm³/mol. The van der Waals surface area contributed by atoms with Crippen molar-refractivity contribution < 1.29 is 9.18 Å². The van der Waals surface area contributed by atoms with Crippen LogP contribution in [0.15, 0.2) is 36.7 Å². The van der Waals surface area contributed by atoms with E-state index in [-0.39, 0.29) is 18.1 Å². The van der Waals surface area contributed by atoms with Crippen molar-refractivity contribution >= 4 is 5.91 Å². The van der Waals surface area contributed by atoms with Crippen LogP contribution in [0.1, 0.15) is 11.4 Å². The van der Waals surface area contributed by atoms with Crippen molar-refractivity contribution in [1.82, 2.24) is 15.3 Å². The van der Waals surface area contributed by atoms with Crippen LogP contribution in [-0.2, 0) is 17.8 Å². The van der Waals surface area contributed by atoms with Gasteiger partial charge in [0, 0.05) is 12.4 Å². The first-order chi connectivity index (χ1) is 8.24. The van der Waals surface area contributed by atoms with Crippen LogP contribution in [0.2, 0.25) is 0 Å². The van der Waals surface area contributed by atoms with E-state index in [1.165, 1.54) is 12.1 Å². The first-order valence-corrected chi connectivity index (χ1v) is 5.23. The average molecular weight is 233 g/mol. The van der Waals surface area contributed by atoms with Gasteiger partial charge in [0.05, 0.1) is 13.0 Å². The number of nitrogens with zero attached hydrogens (tertiary/aromatic N) is 1. The molecule has 0 fully saturated rings. The Hall–Kier alpha value is -2.17. The van der Waals surface area contributed by atoms with E-state index in [9.17, 15) is 9.18 Å². The molecule has 0 aliphatic carbocycles. The smallest absolute Gasteiger partial charge is 0.224 e. The second-order valence-corrected chi connectivity index (χ2v) is 3.62. The fourth-order valence-electron chi connectivity index (χ4n) is 1.43. The number of carbonyl (C=O) groups is 1. The van der Waals surface area contributed by atoms with Crippen molar-refractivity contribution in [2.24, 2.45) is 0 Å². The molecule has 1 amide bonds. The summed E-state index contributed by atoms with van der Waals surface area (Å²) in [7, 11) is 0. The SMILES string of the molecule is O=C(Cc1ccc(F)cc1)NCc1ncc[nH]1. The Bertz CT molecular complexity index is 479. The zero-order valence-corrected chi connectivity index (χ0v) is 9.11. The van der Waals surface area contributed by atoms with E-state index >= 15 is 0 Å². The van der Waals surface area contributed by atoms with E-state index < -0.39 is 0 Å². The number of carbonyl (C=O) groups excluding carboxylic acids is 1. The summed E-state index contributed by atoms with van der Waals surface area (Å²) >= 11 is 0. The summed E-state index contributed by atoms with van der Waals surface area (Å²) in [6, 6.07) is 5.88. The van der Waals surface area contributed by atoms with Crippen molar-refractivity contribution in [2.75, 3.05) is 0 Å². The van der Waals surface area contributed by atoms with Crippen LogP contribution in [0, 0.1) is 5.82 Å². The fraction of sp³-hybridized carbons (Fsp3) is 0.167.